The molecular formula is C22H16Cl3N3OS. The van der Waals surface area contributed by atoms with Crippen LogP contribution in [0.5, 0.6) is 5.75 Å². The van der Waals surface area contributed by atoms with Crippen molar-refractivity contribution < 1.29 is 4.74 Å². The molecule has 0 saturated heterocycles. The molecule has 0 saturated carbocycles. The number of nitrogens with zero attached hydrogens (tertiary/aromatic N) is 3. The largest absolute Gasteiger partial charge is 0.497 e. The quantitative estimate of drug-likeness (QED) is 0.276. The highest BCUT2D eigenvalue weighted by atomic mass is 35.5. The van der Waals surface area contributed by atoms with E-state index in [2.05, 4.69) is 10.2 Å². The minimum Gasteiger partial charge on any atom is -0.497 e. The molecule has 3 aromatic carbocycles. The van der Waals surface area contributed by atoms with Crippen molar-refractivity contribution >= 4 is 46.6 Å². The van der Waals surface area contributed by atoms with Crippen molar-refractivity contribution in [1.29, 1.82) is 0 Å². The molecule has 0 fully saturated rings. The van der Waals surface area contributed by atoms with E-state index in [0.29, 0.717) is 26.6 Å². The fraction of sp³-hybridized carbons (Fsp3) is 0.0909. The molecule has 30 heavy (non-hydrogen) atoms. The van der Waals surface area contributed by atoms with Crippen LogP contribution in [-0.4, -0.2) is 21.9 Å². The molecule has 1 heterocycles. The molecule has 0 aliphatic rings. The Labute approximate surface area is 193 Å². The molecule has 0 spiro atoms. The maximum Gasteiger partial charge on any atom is 0.196 e. The number of benzene rings is 3. The molecule has 152 valence electrons. The summed E-state index contributed by atoms with van der Waals surface area (Å²) in [7, 11) is 1.64. The van der Waals surface area contributed by atoms with Gasteiger partial charge in [-0.25, -0.2) is 0 Å². The van der Waals surface area contributed by atoms with Crippen molar-refractivity contribution in [2.45, 2.75) is 10.9 Å². The van der Waals surface area contributed by atoms with Crippen molar-refractivity contribution in [2.24, 2.45) is 0 Å². The van der Waals surface area contributed by atoms with Crippen molar-refractivity contribution in [3.05, 3.63) is 87.4 Å². The van der Waals surface area contributed by atoms with E-state index in [4.69, 9.17) is 39.5 Å². The minimum absolute atomic E-state index is 0.610. The van der Waals surface area contributed by atoms with E-state index in [-0.39, 0.29) is 0 Å². The van der Waals surface area contributed by atoms with Gasteiger partial charge in [0.2, 0.25) is 0 Å². The molecular weight excluding hydrogens is 461 g/mol. The Bertz CT molecular complexity index is 1180. The molecule has 0 atom stereocenters. The normalized spacial score (nSPS) is 10.9. The van der Waals surface area contributed by atoms with Gasteiger partial charge in [-0.1, -0.05) is 64.8 Å². The van der Waals surface area contributed by atoms with Gasteiger partial charge in [-0.3, -0.25) is 4.57 Å². The molecule has 8 heteroatoms. The number of ether oxygens (including phenoxy) is 1. The highest BCUT2D eigenvalue weighted by molar-refractivity contribution is 7.98. The number of halogens is 3. The summed E-state index contributed by atoms with van der Waals surface area (Å²) < 4.78 is 7.37. The van der Waals surface area contributed by atoms with Crippen LogP contribution >= 0.6 is 46.6 Å². The zero-order chi connectivity index (χ0) is 21.1. The highest BCUT2D eigenvalue weighted by Gasteiger charge is 2.17. The van der Waals surface area contributed by atoms with E-state index in [9.17, 15) is 0 Å². The van der Waals surface area contributed by atoms with E-state index in [1.165, 1.54) is 0 Å². The molecule has 0 bridgehead atoms. The Kier molecular flexibility index (Phi) is 6.54. The summed E-state index contributed by atoms with van der Waals surface area (Å²) in [4.78, 5) is 0. The van der Waals surface area contributed by atoms with Crippen LogP contribution < -0.4 is 4.74 Å². The summed E-state index contributed by atoms with van der Waals surface area (Å²) >= 11 is 20.0. The lowest BCUT2D eigenvalue weighted by Gasteiger charge is -2.11. The number of aromatic nitrogens is 3. The summed E-state index contributed by atoms with van der Waals surface area (Å²) in [5.74, 6) is 2.08. The van der Waals surface area contributed by atoms with E-state index in [1.807, 2.05) is 65.2 Å². The van der Waals surface area contributed by atoms with E-state index in [0.717, 1.165) is 27.7 Å². The number of thioether (sulfide) groups is 1. The standard InChI is InChI=1S/C22H16Cl3N3OS/c1-29-19-4-2-3-14(11-19)21-26-27-22(28(21)18-9-7-16(23)8-10-18)30-13-15-5-6-17(24)12-20(15)25/h2-12H,13H2,1H3. The minimum atomic E-state index is 0.610. The second-order valence-corrected chi connectivity index (χ2v) is 8.60. The van der Waals surface area contributed by atoms with Gasteiger partial charge in [0, 0.05) is 32.1 Å². The second kappa shape index (κ2) is 9.31. The van der Waals surface area contributed by atoms with Crippen LogP contribution in [0.3, 0.4) is 0 Å². The molecule has 0 amide bonds. The van der Waals surface area contributed by atoms with Gasteiger partial charge in [-0.15, -0.1) is 10.2 Å². The number of rotatable bonds is 6. The van der Waals surface area contributed by atoms with Crippen molar-refractivity contribution in [2.75, 3.05) is 7.11 Å². The molecule has 0 aliphatic heterocycles. The van der Waals surface area contributed by atoms with Crippen molar-refractivity contribution in [3.63, 3.8) is 0 Å². The highest BCUT2D eigenvalue weighted by Crippen LogP contribution is 2.33. The zero-order valence-electron chi connectivity index (χ0n) is 15.8. The average molecular weight is 477 g/mol. The molecule has 4 nitrogen and oxygen atoms in total. The summed E-state index contributed by atoms with van der Waals surface area (Å²) in [6, 6.07) is 20.8. The number of hydrogen-bond donors (Lipinski definition) is 0. The fourth-order valence-electron chi connectivity index (χ4n) is 2.92. The predicted octanol–water partition coefficient (Wildman–Crippen LogP) is 7.20. The van der Waals surface area contributed by atoms with E-state index < -0.39 is 0 Å². The summed E-state index contributed by atoms with van der Waals surface area (Å²) in [6.07, 6.45) is 0. The second-order valence-electron chi connectivity index (χ2n) is 6.37. The van der Waals surface area contributed by atoms with Crippen molar-refractivity contribution in [1.82, 2.24) is 14.8 Å². The van der Waals surface area contributed by atoms with Gasteiger partial charge in [-0.05, 0) is 54.1 Å². The number of methoxy groups -OCH3 is 1. The van der Waals surface area contributed by atoms with E-state index in [1.54, 1.807) is 24.9 Å². The first-order valence-electron chi connectivity index (χ1n) is 8.97. The third-order valence-electron chi connectivity index (χ3n) is 4.42. The smallest absolute Gasteiger partial charge is 0.196 e. The van der Waals surface area contributed by atoms with Crippen LogP contribution in [-0.2, 0) is 5.75 Å². The summed E-state index contributed by atoms with van der Waals surface area (Å²) in [5, 5.41) is 11.5. The maximum absolute atomic E-state index is 6.34. The lowest BCUT2D eigenvalue weighted by Crippen LogP contribution is -2.00. The van der Waals surface area contributed by atoms with Gasteiger partial charge >= 0.3 is 0 Å². The predicted molar refractivity (Wildman–Crippen MR) is 124 cm³/mol. The maximum atomic E-state index is 6.34. The van der Waals surface area contributed by atoms with Gasteiger partial charge in [0.15, 0.2) is 11.0 Å². The van der Waals surface area contributed by atoms with Gasteiger partial charge in [-0.2, -0.15) is 0 Å². The Hall–Kier alpha value is -2.18. The van der Waals surface area contributed by atoms with Crippen LogP contribution in [0.25, 0.3) is 17.1 Å². The molecule has 0 aliphatic carbocycles. The average Bonchev–Trinajstić information content (AvgIpc) is 3.17. The third-order valence-corrected chi connectivity index (χ3v) is 6.23. The SMILES string of the molecule is COc1cccc(-c2nnc(SCc3ccc(Cl)cc3Cl)n2-c2ccc(Cl)cc2)c1. The Morgan fingerprint density at radius 3 is 2.40 bits per heavy atom. The Morgan fingerprint density at radius 1 is 0.900 bits per heavy atom. The first-order valence-corrected chi connectivity index (χ1v) is 11.1. The monoisotopic (exact) mass is 475 g/mol. The summed E-state index contributed by atoms with van der Waals surface area (Å²) in [6.45, 7) is 0. The van der Waals surface area contributed by atoms with Gasteiger partial charge in [0.25, 0.3) is 0 Å². The fourth-order valence-corrected chi connectivity index (χ4v) is 4.55. The Balaban J connectivity index is 1.74. The number of hydrogen-bond acceptors (Lipinski definition) is 4. The molecule has 0 radical (unpaired) electrons. The third kappa shape index (κ3) is 4.60. The lowest BCUT2D eigenvalue weighted by molar-refractivity contribution is 0.415. The van der Waals surface area contributed by atoms with Gasteiger partial charge < -0.3 is 4.74 Å². The molecule has 4 rings (SSSR count). The topological polar surface area (TPSA) is 39.9 Å². The van der Waals surface area contributed by atoms with Crippen LogP contribution in [0.1, 0.15) is 5.56 Å². The molecule has 4 aromatic rings. The van der Waals surface area contributed by atoms with Crippen molar-refractivity contribution in [3.8, 4) is 22.8 Å². The van der Waals surface area contributed by atoms with Crippen LogP contribution in [0.15, 0.2) is 71.9 Å². The first-order chi connectivity index (χ1) is 14.5. The molecule has 0 N–H and O–H groups in total. The lowest BCUT2D eigenvalue weighted by atomic mass is 10.2. The van der Waals surface area contributed by atoms with Crippen LogP contribution in [0, 0.1) is 0 Å². The van der Waals surface area contributed by atoms with Gasteiger partial charge in [0.05, 0.1) is 7.11 Å². The Morgan fingerprint density at radius 2 is 1.67 bits per heavy atom. The molecule has 1 aromatic heterocycles. The van der Waals surface area contributed by atoms with Crippen LogP contribution in [0.4, 0.5) is 0 Å². The van der Waals surface area contributed by atoms with E-state index >= 15 is 0 Å². The first kappa shape index (κ1) is 21.1. The van der Waals surface area contributed by atoms with Crippen LogP contribution in [0.2, 0.25) is 15.1 Å². The summed E-state index contributed by atoms with van der Waals surface area (Å²) in [5.41, 5.74) is 2.78. The van der Waals surface area contributed by atoms with Gasteiger partial charge in [0.1, 0.15) is 5.75 Å². The molecule has 0 unspecified atom stereocenters. The zero-order valence-corrected chi connectivity index (χ0v) is 18.9.